The second-order valence-corrected chi connectivity index (χ2v) is 2.18. The zero-order valence-electron chi connectivity index (χ0n) is 6.25. The van der Waals surface area contributed by atoms with Gasteiger partial charge in [0.15, 0.2) is 0 Å². The molecule has 1 aliphatic heterocycles. The molecule has 4 nitrogen and oxygen atoms in total. The number of allylic oxidation sites excluding steroid dienone is 2. The van der Waals surface area contributed by atoms with E-state index >= 15 is 0 Å². The molecule has 1 aliphatic rings. The predicted molar refractivity (Wildman–Crippen MR) is 45.9 cm³/mol. The molecule has 0 amide bonds. The van der Waals surface area contributed by atoms with Gasteiger partial charge in [0.25, 0.3) is 0 Å². The van der Waals surface area contributed by atoms with Gasteiger partial charge in [-0.15, -0.1) is 0 Å². The summed E-state index contributed by atoms with van der Waals surface area (Å²) < 4.78 is 0. The molecule has 2 heterocycles. The molecule has 2 rings (SSSR count). The Balaban J connectivity index is 2.38. The first-order valence-corrected chi connectivity index (χ1v) is 3.52. The smallest absolute Gasteiger partial charge is 0.231 e. The van der Waals surface area contributed by atoms with Gasteiger partial charge in [0.05, 0.1) is 5.10 Å². The van der Waals surface area contributed by atoms with Gasteiger partial charge in [-0.05, 0) is 12.1 Å². The molecular weight excluding hydrogens is 152 g/mol. The Labute approximate surface area is 69.4 Å². The highest BCUT2D eigenvalue weighted by Gasteiger charge is 2.15. The van der Waals surface area contributed by atoms with Crippen LogP contribution in [-0.2, 0) is 0 Å². The van der Waals surface area contributed by atoms with Crippen LogP contribution in [0.2, 0.25) is 0 Å². The second-order valence-electron chi connectivity index (χ2n) is 2.18. The second kappa shape index (κ2) is 3.04. The van der Waals surface area contributed by atoms with E-state index in [0.717, 1.165) is 0 Å². The molecule has 0 spiro atoms. The van der Waals surface area contributed by atoms with Gasteiger partial charge in [0.2, 0.25) is 10.9 Å². The first-order chi connectivity index (χ1) is 5.97. The molecule has 12 heavy (non-hydrogen) atoms. The largest absolute Gasteiger partial charge is 0.356 e. The Morgan fingerprint density at radius 2 is 2.00 bits per heavy atom. The maximum absolute atomic E-state index is 4.04. The number of nitrogens with zero attached hydrogens (tertiary/aromatic N) is 4. The Morgan fingerprint density at radius 3 is 2.67 bits per heavy atom. The van der Waals surface area contributed by atoms with E-state index in [1.54, 1.807) is 30.8 Å². The monoisotopic (exact) mass is 158 g/mol. The third-order valence-electron chi connectivity index (χ3n) is 1.37. The molecule has 0 saturated carbocycles. The lowest BCUT2D eigenvalue weighted by Crippen LogP contribution is -2.10. The average Bonchev–Trinajstić information content (AvgIpc) is 2.21. The van der Waals surface area contributed by atoms with E-state index in [9.17, 15) is 0 Å². The quantitative estimate of drug-likeness (QED) is 0.584. The lowest BCUT2D eigenvalue weighted by Gasteiger charge is -1.87. The fraction of sp³-hybridized carbons (Fsp3) is 0. The minimum absolute atomic E-state index is 0.602. The van der Waals surface area contributed by atoms with E-state index in [2.05, 4.69) is 20.2 Å². The molecule has 0 aromatic carbocycles. The van der Waals surface area contributed by atoms with Crippen molar-refractivity contribution >= 4 is 11.9 Å². The first kappa shape index (κ1) is 6.84. The van der Waals surface area contributed by atoms with Crippen LogP contribution in [0.3, 0.4) is 0 Å². The van der Waals surface area contributed by atoms with Crippen LogP contribution in [0, 0.1) is 0 Å². The SMILES string of the molecule is C1=CC(c2ncccn2)=[N+]N=C1. The van der Waals surface area contributed by atoms with Gasteiger partial charge >= 0.3 is 5.71 Å². The van der Waals surface area contributed by atoms with Crippen molar-refractivity contribution in [3.8, 4) is 0 Å². The summed E-state index contributed by atoms with van der Waals surface area (Å²) in [5.74, 6) is 0.602. The summed E-state index contributed by atoms with van der Waals surface area (Å²) in [6.45, 7) is 0. The molecular formula is C8H6N4+. The Morgan fingerprint density at radius 1 is 1.17 bits per heavy atom. The zero-order chi connectivity index (χ0) is 8.23. The van der Waals surface area contributed by atoms with Gasteiger partial charge in [0.1, 0.15) is 6.21 Å². The van der Waals surface area contributed by atoms with Crippen LogP contribution < -0.4 is 5.10 Å². The third kappa shape index (κ3) is 1.27. The van der Waals surface area contributed by atoms with Crippen molar-refractivity contribution in [2.45, 2.75) is 0 Å². The highest BCUT2D eigenvalue weighted by Crippen LogP contribution is 1.92. The van der Waals surface area contributed by atoms with Gasteiger partial charge in [-0.1, -0.05) is 0 Å². The molecule has 0 unspecified atom stereocenters. The van der Waals surface area contributed by atoms with E-state index in [4.69, 9.17) is 0 Å². The molecule has 1 radical (unpaired) electrons. The number of aromatic nitrogens is 2. The normalized spacial score (nSPS) is 14.5. The minimum Gasteiger partial charge on any atom is -0.231 e. The van der Waals surface area contributed by atoms with E-state index in [1.165, 1.54) is 0 Å². The lowest BCUT2D eigenvalue weighted by atomic mass is 10.3. The summed E-state index contributed by atoms with van der Waals surface area (Å²) in [6.07, 6.45) is 8.60. The lowest BCUT2D eigenvalue weighted by molar-refractivity contribution is 1.06. The van der Waals surface area contributed by atoms with Crippen LogP contribution in [0.1, 0.15) is 5.82 Å². The molecule has 1 aromatic heterocycles. The third-order valence-corrected chi connectivity index (χ3v) is 1.37. The Kier molecular flexibility index (Phi) is 1.74. The maximum Gasteiger partial charge on any atom is 0.356 e. The number of rotatable bonds is 1. The van der Waals surface area contributed by atoms with Gasteiger partial charge in [-0.3, -0.25) is 0 Å². The fourth-order valence-electron chi connectivity index (χ4n) is 0.852. The molecule has 0 bridgehead atoms. The van der Waals surface area contributed by atoms with E-state index < -0.39 is 0 Å². The van der Waals surface area contributed by atoms with Crippen molar-refractivity contribution in [3.05, 3.63) is 36.4 Å². The molecule has 0 saturated heterocycles. The van der Waals surface area contributed by atoms with Crippen molar-refractivity contribution in [3.63, 3.8) is 0 Å². The average molecular weight is 158 g/mol. The topological polar surface area (TPSA) is 52.2 Å². The summed E-state index contributed by atoms with van der Waals surface area (Å²) in [5, 5.41) is 7.61. The van der Waals surface area contributed by atoms with E-state index in [0.29, 0.717) is 11.5 Å². The predicted octanol–water partition coefficient (Wildman–Crippen LogP) is 0.157. The summed E-state index contributed by atoms with van der Waals surface area (Å²) in [6, 6.07) is 1.76. The summed E-state index contributed by atoms with van der Waals surface area (Å²) in [5.41, 5.74) is 0.693. The minimum atomic E-state index is 0.602. The summed E-state index contributed by atoms with van der Waals surface area (Å²) in [7, 11) is 0. The van der Waals surface area contributed by atoms with Crippen LogP contribution in [0.4, 0.5) is 0 Å². The summed E-state index contributed by atoms with van der Waals surface area (Å²) >= 11 is 0. The molecule has 0 N–H and O–H groups in total. The van der Waals surface area contributed by atoms with Crippen molar-refractivity contribution in [1.29, 1.82) is 0 Å². The first-order valence-electron chi connectivity index (χ1n) is 3.52. The number of hydrogen-bond donors (Lipinski definition) is 0. The highest BCUT2D eigenvalue weighted by atomic mass is 15.2. The fourth-order valence-corrected chi connectivity index (χ4v) is 0.852. The summed E-state index contributed by atoms with van der Waals surface area (Å²) in [4.78, 5) is 8.07. The molecule has 0 fully saturated rings. The zero-order valence-corrected chi connectivity index (χ0v) is 6.25. The molecule has 4 heteroatoms. The van der Waals surface area contributed by atoms with Crippen LogP contribution in [-0.4, -0.2) is 21.9 Å². The standard InChI is InChI=1S/C8H6N4/c1-3-7(12-11-6-1)8-9-4-2-5-10-8/h1-6H/q+1. The van der Waals surface area contributed by atoms with E-state index in [1.807, 2.05) is 6.08 Å². The van der Waals surface area contributed by atoms with Crippen LogP contribution in [0.15, 0.2) is 35.7 Å². The van der Waals surface area contributed by atoms with Crippen LogP contribution in [0.25, 0.3) is 0 Å². The molecule has 0 aliphatic carbocycles. The van der Waals surface area contributed by atoms with Crippen LogP contribution >= 0.6 is 0 Å². The maximum atomic E-state index is 4.04. The highest BCUT2D eigenvalue weighted by molar-refractivity contribution is 6.07. The number of hydrogen-bond acceptors (Lipinski definition) is 4. The van der Waals surface area contributed by atoms with Gasteiger partial charge in [0, 0.05) is 18.5 Å². The Bertz CT molecular complexity index is 351. The van der Waals surface area contributed by atoms with Crippen molar-refractivity contribution in [1.82, 2.24) is 15.1 Å². The molecule has 1 aromatic rings. The van der Waals surface area contributed by atoms with Crippen molar-refractivity contribution < 1.29 is 0 Å². The molecule has 57 valence electrons. The van der Waals surface area contributed by atoms with Gasteiger partial charge in [-0.2, -0.15) is 0 Å². The van der Waals surface area contributed by atoms with Crippen molar-refractivity contribution in [2.75, 3.05) is 0 Å². The van der Waals surface area contributed by atoms with Gasteiger partial charge in [-0.25, -0.2) is 9.97 Å². The van der Waals surface area contributed by atoms with Crippen LogP contribution in [0.5, 0.6) is 0 Å². The van der Waals surface area contributed by atoms with Crippen molar-refractivity contribution in [2.24, 2.45) is 5.10 Å². The Hall–Kier alpha value is -1.84. The molecule has 0 atom stereocenters. The van der Waals surface area contributed by atoms with E-state index in [-0.39, 0.29) is 0 Å². The van der Waals surface area contributed by atoms with Gasteiger partial charge < -0.3 is 0 Å².